The summed E-state index contributed by atoms with van der Waals surface area (Å²) < 4.78 is 26.3. The van der Waals surface area contributed by atoms with Crippen LogP contribution in [0.1, 0.15) is 48.0 Å². The standard InChI is InChI=1S/C24H29ClFN5O6S/c1-23(2,3)36-21(32)29-10-11-8-13(29)16(11)30(22(33)37-24(4,5)6)17-12-9-27-19(25)14(26)15(12)28-20(38-7)18(17)31(34)35/h9,11,13,16H,8,10H2,1-7H3. The van der Waals surface area contributed by atoms with Crippen LogP contribution in [0, 0.1) is 21.8 Å². The van der Waals surface area contributed by atoms with E-state index in [9.17, 15) is 19.7 Å². The summed E-state index contributed by atoms with van der Waals surface area (Å²) in [6.07, 6.45) is 1.86. The Balaban J connectivity index is 1.93. The molecule has 3 aliphatic rings. The number of nitro groups is 1. The van der Waals surface area contributed by atoms with Crippen molar-refractivity contribution in [3.05, 3.63) is 27.3 Å². The maximum atomic E-state index is 15.1. The number of carbonyl (C=O) groups is 2. The van der Waals surface area contributed by atoms with Crippen molar-refractivity contribution in [1.82, 2.24) is 14.9 Å². The Hall–Kier alpha value is -2.93. The third kappa shape index (κ3) is 5.05. The van der Waals surface area contributed by atoms with E-state index in [0.717, 1.165) is 18.0 Å². The molecule has 206 valence electrons. The van der Waals surface area contributed by atoms with E-state index >= 15 is 4.39 Å². The van der Waals surface area contributed by atoms with Crippen LogP contribution in [0.2, 0.25) is 5.15 Å². The van der Waals surface area contributed by atoms with Gasteiger partial charge in [0.25, 0.3) is 0 Å². The average molecular weight is 570 g/mol. The average Bonchev–Trinajstić information content (AvgIpc) is 3.37. The molecule has 14 heteroatoms. The molecule has 2 bridgehead atoms. The third-order valence-corrected chi connectivity index (χ3v) is 7.17. The van der Waals surface area contributed by atoms with Crippen molar-refractivity contribution in [1.29, 1.82) is 0 Å². The van der Waals surface area contributed by atoms with Crippen LogP contribution in [0.3, 0.4) is 0 Å². The first-order valence-electron chi connectivity index (χ1n) is 11.9. The first-order valence-corrected chi connectivity index (χ1v) is 13.5. The summed E-state index contributed by atoms with van der Waals surface area (Å²) in [7, 11) is 0. The van der Waals surface area contributed by atoms with E-state index in [1.54, 1.807) is 47.8 Å². The Bertz CT molecular complexity index is 1330. The smallest absolute Gasteiger partial charge is 0.415 e. The number of aromatic nitrogens is 2. The molecule has 1 saturated carbocycles. The van der Waals surface area contributed by atoms with Crippen LogP contribution in [0.4, 0.5) is 25.4 Å². The Morgan fingerprint density at radius 3 is 2.42 bits per heavy atom. The fourth-order valence-corrected chi connectivity index (χ4v) is 5.53. The van der Waals surface area contributed by atoms with Gasteiger partial charge >= 0.3 is 17.9 Å². The van der Waals surface area contributed by atoms with Gasteiger partial charge in [-0.3, -0.25) is 15.0 Å². The van der Waals surface area contributed by atoms with Crippen LogP contribution in [0.5, 0.6) is 0 Å². The van der Waals surface area contributed by atoms with Crippen LogP contribution in [0.25, 0.3) is 10.9 Å². The highest BCUT2D eigenvalue weighted by atomic mass is 35.5. The summed E-state index contributed by atoms with van der Waals surface area (Å²) in [6, 6.07) is -1.18. The van der Waals surface area contributed by atoms with Crippen molar-refractivity contribution >= 4 is 57.8 Å². The van der Waals surface area contributed by atoms with E-state index in [4.69, 9.17) is 21.1 Å². The van der Waals surface area contributed by atoms with Crippen LogP contribution in [0.15, 0.2) is 11.2 Å². The van der Waals surface area contributed by atoms with Gasteiger partial charge in [-0.2, -0.15) is 0 Å². The van der Waals surface area contributed by atoms with E-state index in [1.165, 1.54) is 9.80 Å². The van der Waals surface area contributed by atoms with Crippen LogP contribution in [-0.4, -0.2) is 68.1 Å². The first-order chi connectivity index (χ1) is 17.5. The van der Waals surface area contributed by atoms with Crippen molar-refractivity contribution in [2.45, 2.75) is 76.3 Å². The summed E-state index contributed by atoms with van der Waals surface area (Å²) in [4.78, 5) is 49.1. The molecule has 1 aliphatic carbocycles. The lowest BCUT2D eigenvalue weighted by molar-refractivity contribution is -0.387. The molecule has 0 N–H and O–H groups in total. The second kappa shape index (κ2) is 9.67. The topological polar surface area (TPSA) is 128 Å². The molecule has 0 spiro atoms. The molecule has 3 atom stereocenters. The van der Waals surface area contributed by atoms with E-state index in [1.807, 2.05) is 0 Å². The van der Waals surface area contributed by atoms with Gasteiger partial charge in [0, 0.05) is 18.7 Å². The minimum Gasteiger partial charge on any atom is -0.444 e. The molecular formula is C24H29ClFN5O6S. The van der Waals surface area contributed by atoms with Gasteiger partial charge in [0.05, 0.1) is 22.4 Å². The number of anilines is 1. The number of thioether (sulfide) groups is 1. The van der Waals surface area contributed by atoms with Crippen LogP contribution < -0.4 is 4.90 Å². The molecule has 3 fully saturated rings. The van der Waals surface area contributed by atoms with Crippen molar-refractivity contribution < 1.29 is 28.4 Å². The lowest BCUT2D eigenvalue weighted by atomic mass is 9.78. The van der Waals surface area contributed by atoms with Crippen molar-refractivity contribution in [2.75, 3.05) is 17.7 Å². The zero-order valence-corrected chi connectivity index (χ0v) is 23.6. The fraction of sp³-hybridized carbons (Fsp3) is 0.583. The maximum Gasteiger partial charge on any atom is 0.415 e. The Kier molecular flexibility index (Phi) is 7.15. The molecule has 3 unspecified atom stereocenters. The molecule has 0 radical (unpaired) electrons. The van der Waals surface area contributed by atoms with Gasteiger partial charge in [0.15, 0.2) is 16.0 Å². The lowest BCUT2D eigenvalue weighted by Crippen LogP contribution is -2.58. The van der Waals surface area contributed by atoms with Crippen molar-refractivity contribution in [3.63, 3.8) is 0 Å². The monoisotopic (exact) mass is 569 g/mol. The number of rotatable bonds is 4. The summed E-state index contributed by atoms with van der Waals surface area (Å²) >= 11 is 6.83. The van der Waals surface area contributed by atoms with Gasteiger partial charge in [-0.05, 0) is 54.2 Å². The molecule has 11 nitrogen and oxygen atoms in total. The number of ether oxygens (including phenoxy) is 2. The van der Waals surface area contributed by atoms with Gasteiger partial charge in [-0.25, -0.2) is 23.9 Å². The van der Waals surface area contributed by atoms with Crippen LogP contribution in [-0.2, 0) is 9.47 Å². The molecule has 2 aliphatic heterocycles. The third-order valence-electron chi connectivity index (χ3n) is 6.23. The molecule has 38 heavy (non-hydrogen) atoms. The number of amides is 2. The lowest BCUT2D eigenvalue weighted by Gasteiger charge is -2.44. The summed E-state index contributed by atoms with van der Waals surface area (Å²) in [6.45, 7) is 10.5. The number of pyridine rings is 2. The second-order valence-corrected chi connectivity index (χ2v) is 12.4. The Morgan fingerprint density at radius 1 is 1.24 bits per heavy atom. The van der Waals surface area contributed by atoms with Crippen molar-refractivity contribution in [2.24, 2.45) is 5.92 Å². The molecule has 5 rings (SSSR count). The number of hydrogen-bond donors (Lipinski definition) is 0. The van der Waals surface area contributed by atoms with E-state index in [-0.39, 0.29) is 34.1 Å². The quantitative estimate of drug-likeness (QED) is 0.194. The second-order valence-electron chi connectivity index (χ2n) is 11.2. The normalized spacial score (nSPS) is 20.8. The summed E-state index contributed by atoms with van der Waals surface area (Å²) in [5.41, 5.74) is -2.64. The van der Waals surface area contributed by atoms with Crippen LogP contribution >= 0.6 is 23.4 Å². The van der Waals surface area contributed by atoms with E-state index < -0.39 is 57.1 Å². The molecule has 2 aromatic heterocycles. The van der Waals surface area contributed by atoms with Crippen molar-refractivity contribution in [3.8, 4) is 0 Å². The van der Waals surface area contributed by atoms with Gasteiger partial charge in [-0.15, -0.1) is 11.8 Å². The van der Waals surface area contributed by atoms with Gasteiger partial charge in [0.2, 0.25) is 0 Å². The Morgan fingerprint density at radius 2 is 1.87 bits per heavy atom. The SMILES string of the molecule is CSc1nc2c(F)c(Cl)ncc2c(N(C(=O)OC(C)(C)C)C2C3CC2N(C(=O)OC(C)(C)C)C3)c1[N+](=O)[O-]. The zero-order valence-electron chi connectivity index (χ0n) is 22.1. The van der Waals surface area contributed by atoms with Gasteiger partial charge in [0.1, 0.15) is 22.4 Å². The molecule has 4 heterocycles. The van der Waals surface area contributed by atoms with Gasteiger partial charge in [-0.1, -0.05) is 11.6 Å². The fourth-order valence-electron chi connectivity index (χ4n) is 4.85. The number of hydrogen-bond acceptors (Lipinski definition) is 9. The molecule has 0 aromatic carbocycles. The Labute approximate surface area is 228 Å². The number of fused-ring (bicyclic) bond motifs is 2. The number of nitrogens with zero attached hydrogens (tertiary/aromatic N) is 5. The van der Waals surface area contributed by atoms with Gasteiger partial charge < -0.3 is 14.4 Å². The maximum absolute atomic E-state index is 15.1. The number of halogens is 2. The predicted molar refractivity (Wildman–Crippen MR) is 140 cm³/mol. The minimum atomic E-state index is -0.966. The van der Waals surface area contributed by atoms with E-state index in [0.29, 0.717) is 6.42 Å². The summed E-state index contributed by atoms with van der Waals surface area (Å²) in [5, 5.41) is 11.8. The highest BCUT2D eigenvalue weighted by Crippen LogP contribution is 2.51. The largest absolute Gasteiger partial charge is 0.444 e. The highest BCUT2D eigenvalue weighted by molar-refractivity contribution is 7.98. The van der Waals surface area contributed by atoms with E-state index in [2.05, 4.69) is 9.97 Å². The number of carbonyl (C=O) groups excluding carboxylic acids is 2. The highest BCUT2D eigenvalue weighted by Gasteiger charge is 2.60. The first kappa shape index (κ1) is 28.1. The minimum absolute atomic E-state index is 0.0719. The summed E-state index contributed by atoms with van der Waals surface area (Å²) in [5.74, 6) is -1.18. The molecule has 2 saturated heterocycles. The molecular weight excluding hydrogens is 541 g/mol. The zero-order chi connectivity index (χ0) is 28.3. The molecule has 2 aromatic rings. The molecule has 2 amide bonds. The predicted octanol–water partition coefficient (Wildman–Crippen LogP) is 5.80.